The Hall–Kier alpha value is -1.88. The first-order valence-corrected chi connectivity index (χ1v) is 7.40. The Morgan fingerprint density at radius 2 is 2.19 bits per heavy atom. The highest BCUT2D eigenvalue weighted by atomic mass is 35.5. The largest absolute Gasteiger partial charge is 0.333 e. The normalized spacial score (nSPS) is 10.6. The number of amides is 1. The van der Waals surface area contributed by atoms with Crippen molar-refractivity contribution in [2.24, 2.45) is 0 Å². The number of benzene rings is 1. The topological polar surface area (TPSA) is 61.9 Å². The molecule has 1 N–H and O–H groups in total. The van der Waals surface area contributed by atoms with E-state index in [0.717, 1.165) is 18.4 Å². The van der Waals surface area contributed by atoms with Gasteiger partial charge in [0.05, 0.1) is 5.69 Å². The van der Waals surface area contributed by atoms with E-state index in [0.29, 0.717) is 29.5 Å². The van der Waals surface area contributed by atoms with Crippen molar-refractivity contribution < 1.29 is 4.79 Å². The van der Waals surface area contributed by atoms with Gasteiger partial charge in [-0.15, -0.1) is 0 Å². The fourth-order valence-corrected chi connectivity index (χ4v) is 2.31. The monoisotopic (exact) mass is 306 g/mol. The van der Waals surface area contributed by atoms with E-state index in [2.05, 4.69) is 22.3 Å². The van der Waals surface area contributed by atoms with Crippen LogP contribution in [0, 0.1) is 6.92 Å². The molecule has 1 aromatic carbocycles. The van der Waals surface area contributed by atoms with Gasteiger partial charge in [-0.1, -0.05) is 37.1 Å². The van der Waals surface area contributed by atoms with Gasteiger partial charge in [0.2, 0.25) is 0 Å². The summed E-state index contributed by atoms with van der Waals surface area (Å²) in [6, 6.07) is 7.56. The Labute approximate surface area is 129 Å². The predicted octanol–water partition coefficient (Wildman–Crippen LogP) is 3.21. The number of nitrogens with one attached hydrogen (secondary N) is 1. The molecular formula is C15H19ClN4O. The van der Waals surface area contributed by atoms with Crippen molar-refractivity contribution in [2.45, 2.75) is 33.2 Å². The van der Waals surface area contributed by atoms with Crippen molar-refractivity contribution in [2.75, 3.05) is 6.54 Å². The molecule has 0 spiro atoms. The fraction of sp³-hybridized carbons (Fsp3) is 0.400. The maximum absolute atomic E-state index is 12.6. The molecule has 0 radical (unpaired) electrons. The molecule has 2 aromatic rings. The van der Waals surface area contributed by atoms with E-state index in [9.17, 15) is 4.79 Å². The highest BCUT2D eigenvalue weighted by molar-refractivity contribution is 6.30. The third-order valence-corrected chi connectivity index (χ3v) is 3.49. The number of hydrogen-bond acceptors (Lipinski definition) is 3. The van der Waals surface area contributed by atoms with Gasteiger partial charge in [0.25, 0.3) is 5.91 Å². The summed E-state index contributed by atoms with van der Waals surface area (Å²) < 4.78 is 0. The number of aromatic amines is 1. The molecule has 0 bridgehead atoms. The van der Waals surface area contributed by atoms with Crippen molar-refractivity contribution in [3.8, 4) is 0 Å². The van der Waals surface area contributed by atoms with Crippen LogP contribution in [0.25, 0.3) is 0 Å². The van der Waals surface area contributed by atoms with Gasteiger partial charge in [-0.2, -0.15) is 15.4 Å². The molecule has 21 heavy (non-hydrogen) atoms. The number of aromatic nitrogens is 3. The number of carbonyl (C=O) groups is 1. The Balaban J connectivity index is 2.18. The van der Waals surface area contributed by atoms with Crippen molar-refractivity contribution in [3.63, 3.8) is 0 Å². The SMILES string of the molecule is CCCCN(Cc1cccc(Cl)c1)C(=O)c1n[nH]nc1C. The highest BCUT2D eigenvalue weighted by Gasteiger charge is 2.20. The van der Waals surface area contributed by atoms with Crippen LogP contribution >= 0.6 is 11.6 Å². The van der Waals surface area contributed by atoms with Gasteiger partial charge in [-0.3, -0.25) is 4.79 Å². The third-order valence-electron chi connectivity index (χ3n) is 3.26. The van der Waals surface area contributed by atoms with E-state index in [-0.39, 0.29) is 5.91 Å². The van der Waals surface area contributed by atoms with E-state index in [4.69, 9.17) is 11.6 Å². The van der Waals surface area contributed by atoms with Gasteiger partial charge in [0.15, 0.2) is 5.69 Å². The molecule has 1 aromatic heterocycles. The number of halogens is 1. The molecule has 0 saturated carbocycles. The number of rotatable bonds is 6. The summed E-state index contributed by atoms with van der Waals surface area (Å²) in [6.07, 6.45) is 1.97. The van der Waals surface area contributed by atoms with Crippen LogP contribution in [-0.4, -0.2) is 32.8 Å². The second-order valence-corrected chi connectivity index (χ2v) is 5.40. The average Bonchev–Trinajstić information content (AvgIpc) is 2.89. The quantitative estimate of drug-likeness (QED) is 0.891. The zero-order chi connectivity index (χ0) is 15.2. The molecule has 2 rings (SSSR count). The summed E-state index contributed by atoms with van der Waals surface area (Å²) in [4.78, 5) is 14.4. The molecule has 5 nitrogen and oxygen atoms in total. The van der Waals surface area contributed by atoms with Crippen molar-refractivity contribution >= 4 is 17.5 Å². The lowest BCUT2D eigenvalue weighted by molar-refractivity contribution is 0.0734. The Morgan fingerprint density at radius 3 is 2.81 bits per heavy atom. The zero-order valence-electron chi connectivity index (χ0n) is 12.3. The first-order chi connectivity index (χ1) is 10.1. The number of aryl methyl sites for hydroxylation is 1. The number of hydrogen-bond donors (Lipinski definition) is 1. The zero-order valence-corrected chi connectivity index (χ0v) is 13.0. The molecule has 0 unspecified atom stereocenters. The molecule has 0 aliphatic rings. The summed E-state index contributed by atoms with van der Waals surface area (Å²) in [5.41, 5.74) is 2.01. The lowest BCUT2D eigenvalue weighted by atomic mass is 10.2. The lowest BCUT2D eigenvalue weighted by Crippen LogP contribution is -2.32. The Morgan fingerprint density at radius 1 is 1.38 bits per heavy atom. The molecule has 0 saturated heterocycles. The summed E-state index contributed by atoms with van der Waals surface area (Å²) >= 11 is 6.01. The number of unbranched alkanes of at least 4 members (excludes halogenated alkanes) is 1. The predicted molar refractivity (Wildman–Crippen MR) is 82.2 cm³/mol. The van der Waals surface area contributed by atoms with Gasteiger partial charge >= 0.3 is 0 Å². The number of carbonyl (C=O) groups excluding carboxylic acids is 1. The van der Waals surface area contributed by atoms with E-state index in [1.54, 1.807) is 11.8 Å². The van der Waals surface area contributed by atoms with E-state index in [1.165, 1.54) is 0 Å². The van der Waals surface area contributed by atoms with E-state index in [1.807, 2.05) is 24.3 Å². The Bertz CT molecular complexity index is 611. The Kier molecular flexibility index (Phi) is 5.33. The summed E-state index contributed by atoms with van der Waals surface area (Å²) in [5, 5.41) is 11.0. The number of H-pyrrole nitrogens is 1. The van der Waals surface area contributed by atoms with Crippen molar-refractivity contribution in [1.82, 2.24) is 20.3 Å². The van der Waals surface area contributed by atoms with Gasteiger partial charge in [0, 0.05) is 18.1 Å². The first-order valence-electron chi connectivity index (χ1n) is 7.03. The molecule has 1 heterocycles. The van der Waals surface area contributed by atoms with Crippen LogP contribution in [0.2, 0.25) is 5.02 Å². The molecule has 0 aliphatic heterocycles. The van der Waals surface area contributed by atoms with Gasteiger partial charge < -0.3 is 4.90 Å². The van der Waals surface area contributed by atoms with E-state index >= 15 is 0 Å². The van der Waals surface area contributed by atoms with Crippen LogP contribution in [0.3, 0.4) is 0 Å². The maximum atomic E-state index is 12.6. The average molecular weight is 307 g/mol. The minimum absolute atomic E-state index is 0.102. The van der Waals surface area contributed by atoms with Crippen molar-refractivity contribution in [1.29, 1.82) is 0 Å². The standard InChI is InChI=1S/C15H19ClN4O/c1-3-4-8-20(10-12-6-5-7-13(16)9-12)15(21)14-11(2)17-19-18-14/h5-7,9H,3-4,8,10H2,1-2H3,(H,17,18,19). The summed E-state index contributed by atoms with van der Waals surface area (Å²) in [6.45, 7) is 5.08. The van der Waals surface area contributed by atoms with Crippen LogP contribution in [0.4, 0.5) is 0 Å². The van der Waals surface area contributed by atoms with Crippen molar-refractivity contribution in [3.05, 3.63) is 46.2 Å². The minimum atomic E-state index is -0.102. The lowest BCUT2D eigenvalue weighted by Gasteiger charge is -2.22. The minimum Gasteiger partial charge on any atom is -0.333 e. The molecule has 0 fully saturated rings. The molecular weight excluding hydrogens is 288 g/mol. The highest BCUT2D eigenvalue weighted by Crippen LogP contribution is 2.15. The third kappa shape index (κ3) is 4.04. The molecule has 0 atom stereocenters. The van der Waals surface area contributed by atoms with Gasteiger partial charge in [-0.25, -0.2) is 0 Å². The molecule has 0 aliphatic carbocycles. The van der Waals surface area contributed by atoms with Crippen LogP contribution in [0.5, 0.6) is 0 Å². The van der Waals surface area contributed by atoms with Gasteiger partial charge in [0.1, 0.15) is 0 Å². The van der Waals surface area contributed by atoms with Crippen LogP contribution in [-0.2, 0) is 6.54 Å². The molecule has 6 heteroatoms. The maximum Gasteiger partial charge on any atom is 0.276 e. The molecule has 1 amide bonds. The first kappa shape index (κ1) is 15.5. The van der Waals surface area contributed by atoms with Crippen LogP contribution in [0.15, 0.2) is 24.3 Å². The molecule has 112 valence electrons. The van der Waals surface area contributed by atoms with E-state index < -0.39 is 0 Å². The second kappa shape index (κ2) is 7.22. The van der Waals surface area contributed by atoms with Crippen LogP contribution < -0.4 is 0 Å². The number of nitrogens with zero attached hydrogens (tertiary/aromatic N) is 3. The summed E-state index contributed by atoms with van der Waals surface area (Å²) in [5.74, 6) is -0.102. The van der Waals surface area contributed by atoms with Gasteiger partial charge in [-0.05, 0) is 31.0 Å². The fourth-order valence-electron chi connectivity index (χ4n) is 2.09. The smallest absolute Gasteiger partial charge is 0.276 e. The second-order valence-electron chi connectivity index (χ2n) is 4.97. The van der Waals surface area contributed by atoms with Crippen LogP contribution in [0.1, 0.15) is 41.5 Å². The summed E-state index contributed by atoms with van der Waals surface area (Å²) in [7, 11) is 0.